The Hall–Kier alpha value is -0.580. The molecular formula is C11H19ClN2OS. The van der Waals surface area contributed by atoms with Crippen LogP contribution < -0.4 is 11.1 Å². The zero-order chi connectivity index (χ0) is 11.4. The quantitative estimate of drug-likeness (QED) is 0.875. The first kappa shape index (κ1) is 15.4. The van der Waals surface area contributed by atoms with Gasteiger partial charge in [0.2, 0.25) is 0 Å². The molecule has 0 radical (unpaired) electrons. The van der Waals surface area contributed by atoms with Crippen LogP contribution in [0, 0.1) is 0 Å². The molecule has 0 aliphatic heterocycles. The summed E-state index contributed by atoms with van der Waals surface area (Å²) in [4.78, 5) is 12.7. The molecule has 1 aromatic rings. The number of nitrogens with two attached hydrogens (primary N) is 1. The standard InChI is InChI=1S/C11H18N2OS.ClH/c1-7(2)9-4-5-15-10(9)11(14)13-8(3)6-12;/h4-5,7-8H,6,12H2,1-3H3,(H,13,14);1H/t8-;/m1./s1. The Bertz CT molecular complexity index is 338. The molecule has 0 bridgehead atoms. The van der Waals surface area contributed by atoms with Gasteiger partial charge in [0, 0.05) is 12.6 Å². The van der Waals surface area contributed by atoms with E-state index in [-0.39, 0.29) is 24.4 Å². The summed E-state index contributed by atoms with van der Waals surface area (Å²) in [6, 6.07) is 2.04. The molecular weight excluding hydrogens is 244 g/mol. The molecule has 1 atom stereocenters. The minimum Gasteiger partial charge on any atom is -0.348 e. The van der Waals surface area contributed by atoms with Gasteiger partial charge in [-0.15, -0.1) is 23.7 Å². The number of hydrogen-bond acceptors (Lipinski definition) is 3. The molecule has 1 aromatic heterocycles. The van der Waals surface area contributed by atoms with Gasteiger partial charge in [0.15, 0.2) is 0 Å². The predicted molar refractivity (Wildman–Crippen MR) is 71.6 cm³/mol. The summed E-state index contributed by atoms with van der Waals surface area (Å²) in [7, 11) is 0. The largest absolute Gasteiger partial charge is 0.348 e. The molecule has 0 fully saturated rings. The maximum atomic E-state index is 11.8. The number of rotatable bonds is 4. The van der Waals surface area contributed by atoms with Gasteiger partial charge in [-0.25, -0.2) is 0 Å². The molecule has 1 heterocycles. The fourth-order valence-corrected chi connectivity index (χ4v) is 2.26. The predicted octanol–water partition coefficient (Wildman–Crippen LogP) is 2.37. The van der Waals surface area contributed by atoms with Crippen molar-refractivity contribution in [2.75, 3.05) is 6.54 Å². The van der Waals surface area contributed by atoms with Crippen LogP contribution in [0.1, 0.15) is 41.9 Å². The molecule has 0 spiro atoms. The van der Waals surface area contributed by atoms with E-state index in [0.29, 0.717) is 12.5 Å². The molecule has 0 saturated heterocycles. The van der Waals surface area contributed by atoms with Gasteiger partial charge in [-0.2, -0.15) is 0 Å². The van der Waals surface area contributed by atoms with Crippen LogP contribution >= 0.6 is 23.7 Å². The average Bonchev–Trinajstić information content (AvgIpc) is 2.65. The summed E-state index contributed by atoms with van der Waals surface area (Å²) in [5.41, 5.74) is 6.57. The van der Waals surface area contributed by atoms with Gasteiger partial charge >= 0.3 is 0 Å². The van der Waals surface area contributed by atoms with Gasteiger partial charge in [-0.05, 0) is 29.9 Å². The fraction of sp³-hybridized carbons (Fsp3) is 0.545. The van der Waals surface area contributed by atoms with Crippen LogP contribution in [0.15, 0.2) is 11.4 Å². The number of carbonyl (C=O) groups is 1. The molecule has 5 heteroatoms. The normalized spacial score (nSPS) is 12.1. The smallest absolute Gasteiger partial charge is 0.261 e. The van der Waals surface area contributed by atoms with E-state index in [0.717, 1.165) is 10.4 Å². The monoisotopic (exact) mass is 262 g/mol. The third-order valence-electron chi connectivity index (χ3n) is 2.25. The van der Waals surface area contributed by atoms with Gasteiger partial charge in [0.1, 0.15) is 0 Å². The van der Waals surface area contributed by atoms with Crippen LogP contribution in [-0.4, -0.2) is 18.5 Å². The zero-order valence-electron chi connectivity index (χ0n) is 9.82. The summed E-state index contributed by atoms with van der Waals surface area (Å²) in [5, 5.41) is 4.83. The Morgan fingerprint density at radius 1 is 1.50 bits per heavy atom. The van der Waals surface area contributed by atoms with Crippen molar-refractivity contribution in [3.05, 3.63) is 21.9 Å². The van der Waals surface area contributed by atoms with Gasteiger partial charge in [-0.3, -0.25) is 4.79 Å². The lowest BCUT2D eigenvalue weighted by Crippen LogP contribution is -2.37. The molecule has 1 rings (SSSR count). The van der Waals surface area contributed by atoms with Gasteiger partial charge in [-0.1, -0.05) is 13.8 Å². The molecule has 1 amide bonds. The van der Waals surface area contributed by atoms with Crippen LogP contribution in [0.4, 0.5) is 0 Å². The number of halogens is 1. The van der Waals surface area contributed by atoms with Crippen molar-refractivity contribution < 1.29 is 4.79 Å². The van der Waals surface area contributed by atoms with Gasteiger partial charge in [0.25, 0.3) is 5.91 Å². The van der Waals surface area contributed by atoms with E-state index < -0.39 is 0 Å². The molecule has 92 valence electrons. The highest BCUT2D eigenvalue weighted by molar-refractivity contribution is 7.12. The molecule has 16 heavy (non-hydrogen) atoms. The minimum atomic E-state index is -0.00773. The van der Waals surface area contributed by atoms with Crippen molar-refractivity contribution in [3.8, 4) is 0 Å². The third-order valence-corrected chi connectivity index (χ3v) is 3.18. The second-order valence-corrected chi connectivity index (χ2v) is 4.89. The van der Waals surface area contributed by atoms with E-state index >= 15 is 0 Å². The molecule has 3 nitrogen and oxygen atoms in total. The van der Waals surface area contributed by atoms with Gasteiger partial charge in [0.05, 0.1) is 4.88 Å². The van der Waals surface area contributed by atoms with E-state index in [4.69, 9.17) is 5.73 Å². The van der Waals surface area contributed by atoms with E-state index in [2.05, 4.69) is 19.2 Å². The number of carbonyl (C=O) groups excluding carboxylic acids is 1. The summed E-state index contributed by atoms with van der Waals surface area (Å²) in [5.74, 6) is 0.372. The van der Waals surface area contributed by atoms with E-state index in [9.17, 15) is 4.79 Å². The Labute approximate surface area is 107 Å². The van der Waals surface area contributed by atoms with Crippen molar-refractivity contribution in [1.82, 2.24) is 5.32 Å². The molecule has 0 aromatic carbocycles. The molecule has 0 aliphatic carbocycles. The summed E-state index contributed by atoms with van der Waals surface area (Å²) >= 11 is 1.49. The van der Waals surface area contributed by atoms with Crippen LogP contribution in [0.25, 0.3) is 0 Å². The van der Waals surface area contributed by atoms with Crippen molar-refractivity contribution in [2.45, 2.75) is 32.7 Å². The highest BCUT2D eigenvalue weighted by Crippen LogP contribution is 2.24. The highest BCUT2D eigenvalue weighted by atomic mass is 35.5. The van der Waals surface area contributed by atoms with Crippen LogP contribution in [0.5, 0.6) is 0 Å². The first-order chi connectivity index (χ1) is 7.06. The van der Waals surface area contributed by atoms with Crippen LogP contribution in [0.3, 0.4) is 0 Å². The first-order valence-electron chi connectivity index (χ1n) is 5.14. The Morgan fingerprint density at radius 3 is 2.62 bits per heavy atom. The van der Waals surface area contributed by atoms with Crippen LogP contribution in [0.2, 0.25) is 0 Å². The highest BCUT2D eigenvalue weighted by Gasteiger charge is 2.16. The summed E-state index contributed by atoms with van der Waals surface area (Å²) < 4.78 is 0. The number of thiophene rings is 1. The Balaban J connectivity index is 0.00000225. The van der Waals surface area contributed by atoms with Gasteiger partial charge < -0.3 is 11.1 Å². The number of amides is 1. The van der Waals surface area contributed by atoms with E-state index in [1.165, 1.54) is 11.3 Å². The van der Waals surface area contributed by atoms with Crippen molar-refractivity contribution in [2.24, 2.45) is 5.73 Å². The fourth-order valence-electron chi connectivity index (χ4n) is 1.31. The first-order valence-corrected chi connectivity index (χ1v) is 6.02. The Morgan fingerprint density at radius 2 is 2.12 bits per heavy atom. The van der Waals surface area contributed by atoms with E-state index in [1.807, 2.05) is 18.4 Å². The van der Waals surface area contributed by atoms with Crippen molar-refractivity contribution >= 4 is 29.7 Å². The number of hydrogen-bond donors (Lipinski definition) is 2. The maximum absolute atomic E-state index is 11.8. The number of nitrogens with one attached hydrogen (secondary N) is 1. The second-order valence-electron chi connectivity index (χ2n) is 3.97. The maximum Gasteiger partial charge on any atom is 0.261 e. The SMILES string of the molecule is CC(C)c1ccsc1C(=O)N[C@H](C)CN.Cl. The van der Waals surface area contributed by atoms with Crippen molar-refractivity contribution in [1.29, 1.82) is 0 Å². The molecule has 3 N–H and O–H groups in total. The third kappa shape index (κ3) is 3.77. The van der Waals surface area contributed by atoms with Crippen molar-refractivity contribution in [3.63, 3.8) is 0 Å². The minimum absolute atomic E-state index is 0. The molecule has 0 saturated carbocycles. The average molecular weight is 263 g/mol. The lowest BCUT2D eigenvalue weighted by atomic mass is 10.0. The summed E-state index contributed by atoms with van der Waals surface area (Å²) in [6.07, 6.45) is 0. The molecule has 0 unspecified atom stereocenters. The molecule has 0 aliphatic rings. The lowest BCUT2D eigenvalue weighted by molar-refractivity contribution is 0.0944. The second kappa shape index (κ2) is 6.89. The Kier molecular flexibility index (Phi) is 6.64. The van der Waals surface area contributed by atoms with E-state index in [1.54, 1.807) is 0 Å². The lowest BCUT2D eigenvalue weighted by Gasteiger charge is -2.12. The summed E-state index contributed by atoms with van der Waals surface area (Å²) in [6.45, 7) is 6.55. The van der Waals surface area contributed by atoms with Crippen LogP contribution in [-0.2, 0) is 0 Å². The topological polar surface area (TPSA) is 55.1 Å². The zero-order valence-corrected chi connectivity index (χ0v) is 11.5.